The molecule has 18 heavy (non-hydrogen) atoms. The van der Waals surface area contributed by atoms with Crippen molar-refractivity contribution in [2.75, 3.05) is 12.5 Å². The molecule has 0 spiro atoms. The normalized spacial score (nSPS) is 11.3. The van der Waals surface area contributed by atoms with E-state index in [1.165, 1.54) is 7.11 Å². The summed E-state index contributed by atoms with van der Waals surface area (Å²) in [5.41, 5.74) is 3.53. The van der Waals surface area contributed by atoms with Crippen LogP contribution in [0.5, 0.6) is 0 Å². The van der Waals surface area contributed by atoms with E-state index in [1.807, 2.05) is 42.5 Å². The van der Waals surface area contributed by atoms with Crippen LogP contribution < -0.4 is 5.43 Å². The summed E-state index contributed by atoms with van der Waals surface area (Å²) in [6.07, 6.45) is 0. The lowest BCUT2D eigenvalue weighted by Crippen LogP contribution is -2.11. The van der Waals surface area contributed by atoms with Crippen molar-refractivity contribution >= 4 is 39.2 Å². The molecule has 0 aliphatic heterocycles. The predicted molar refractivity (Wildman–Crippen MR) is 72.9 cm³/mol. The average molecular weight is 263 g/mol. The van der Waals surface area contributed by atoms with Gasteiger partial charge in [0.1, 0.15) is 0 Å². The molecule has 4 nitrogen and oxygen atoms in total. The summed E-state index contributed by atoms with van der Waals surface area (Å²) in [5.74, 6) is -0.676. The number of anilines is 1. The summed E-state index contributed by atoms with van der Waals surface area (Å²) in [6, 6.07) is 13.6. The first kappa shape index (κ1) is 12.4. The molecule has 1 N–H and O–H groups in total. The number of fused-ring (bicyclic) bond motifs is 1. The minimum Gasteiger partial charge on any atom is -0.464 e. The smallest absolute Gasteiger partial charge is 0.370 e. The van der Waals surface area contributed by atoms with Crippen LogP contribution in [0, 0.1) is 0 Å². The SMILES string of the molecule is COC(=O)/C(Cl)=N\Nc1cccc2ccccc12. The predicted octanol–water partition coefficient (Wildman–Crippen LogP) is 2.98. The minimum atomic E-state index is -0.676. The molecule has 0 bridgehead atoms. The fourth-order valence-electron chi connectivity index (χ4n) is 1.56. The Labute approximate surface area is 109 Å². The number of carbonyl (C=O) groups excluding carboxylic acids is 1. The lowest BCUT2D eigenvalue weighted by Gasteiger charge is -2.05. The Hall–Kier alpha value is -2.07. The Bertz CT molecular complexity index is 605. The molecule has 2 aromatic rings. The molecule has 0 saturated carbocycles. The summed E-state index contributed by atoms with van der Waals surface area (Å²) < 4.78 is 4.45. The van der Waals surface area contributed by atoms with Crippen LogP contribution in [0.15, 0.2) is 47.6 Å². The highest BCUT2D eigenvalue weighted by Crippen LogP contribution is 2.22. The van der Waals surface area contributed by atoms with Gasteiger partial charge in [0, 0.05) is 5.39 Å². The molecule has 0 aliphatic carbocycles. The third-order valence-electron chi connectivity index (χ3n) is 2.42. The second-order valence-corrected chi connectivity index (χ2v) is 3.89. The van der Waals surface area contributed by atoms with Gasteiger partial charge in [-0.05, 0) is 11.5 Å². The van der Waals surface area contributed by atoms with Crippen molar-refractivity contribution in [3.05, 3.63) is 42.5 Å². The molecule has 0 aromatic heterocycles. The number of rotatable bonds is 3. The highest BCUT2D eigenvalue weighted by atomic mass is 35.5. The van der Waals surface area contributed by atoms with E-state index >= 15 is 0 Å². The number of hydrogen-bond acceptors (Lipinski definition) is 4. The van der Waals surface area contributed by atoms with E-state index in [0.717, 1.165) is 16.5 Å². The Morgan fingerprint density at radius 3 is 2.72 bits per heavy atom. The van der Waals surface area contributed by atoms with Crippen LogP contribution in [0.3, 0.4) is 0 Å². The third-order valence-corrected chi connectivity index (χ3v) is 2.66. The van der Waals surface area contributed by atoms with Crippen molar-refractivity contribution < 1.29 is 9.53 Å². The molecule has 92 valence electrons. The van der Waals surface area contributed by atoms with E-state index in [4.69, 9.17) is 11.6 Å². The summed E-state index contributed by atoms with van der Waals surface area (Å²) in [4.78, 5) is 11.1. The molecule has 0 aliphatic rings. The molecule has 0 saturated heterocycles. The van der Waals surface area contributed by atoms with Gasteiger partial charge in [-0.25, -0.2) is 4.79 Å². The highest BCUT2D eigenvalue weighted by molar-refractivity contribution is 6.82. The monoisotopic (exact) mass is 262 g/mol. The first-order valence-electron chi connectivity index (χ1n) is 5.27. The lowest BCUT2D eigenvalue weighted by atomic mass is 10.1. The number of carbonyl (C=O) groups is 1. The highest BCUT2D eigenvalue weighted by Gasteiger charge is 2.07. The zero-order chi connectivity index (χ0) is 13.0. The van der Waals surface area contributed by atoms with Crippen LogP contribution in [0.4, 0.5) is 5.69 Å². The number of ether oxygens (including phenoxy) is 1. The van der Waals surface area contributed by atoms with Gasteiger partial charge in [0.15, 0.2) is 0 Å². The van der Waals surface area contributed by atoms with E-state index in [-0.39, 0.29) is 5.17 Å². The van der Waals surface area contributed by atoms with E-state index in [0.29, 0.717) is 0 Å². The van der Waals surface area contributed by atoms with E-state index < -0.39 is 5.97 Å². The van der Waals surface area contributed by atoms with Crippen molar-refractivity contribution in [1.29, 1.82) is 0 Å². The average Bonchev–Trinajstić information content (AvgIpc) is 2.43. The Morgan fingerprint density at radius 1 is 1.22 bits per heavy atom. The number of halogens is 1. The number of hydrazone groups is 1. The second kappa shape index (κ2) is 5.51. The van der Waals surface area contributed by atoms with Crippen molar-refractivity contribution in [3.63, 3.8) is 0 Å². The lowest BCUT2D eigenvalue weighted by molar-refractivity contribution is -0.132. The molecule has 0 amide bonds. The van der Waals surface area contributed by atoms with Gasteiger partial charge in [-0.1, -0.05) is 48.0 Å². The van der Waals surface area contributed by atoms with Crippen LogP contribution in [0.2, 0.25) is 0 Å². The molecule has 0 unspecified atom stereocenters. The largest absolute Gasteiger partial charge is 0.464 e. The molecule has 5 heteroatoms. The number of methoxy groups -OCH3 is 1. The Balaban J connectivity index is 2.30. The van der Waals surface area contributed by atoms with Crippen LogP contribution in [0.25, 0.3) is 10.8 Å². The third kappa shape index (κ3) is 2.60. The standard InChI is InChI=1S/C13H11ClN2O2/c1-18-13(17)12(14)16-15-11-8-4-6-9-5-2-3-7-10(9)11/h2-8,15H,1H3/b16-12+. The summed E-state index contributed by atoms with van der Waals surface area (Å²) in [6.45, 7) is 0. The summed E-state index contributed by atoms with van der Waals surface area (Å²) in [5, 5.41) is 5.60. The number of benzene rings is 2. The van der Waals surface area contributed by atoms with Crippen LogP contribution in [0.1, 0.15) is 0 Å². The maximum Gasteiger partial charge on any atom is 0.370 e. The zero-order valence-electron chi connectivity index (χ0n) is 9.68. The maximum atomic E-state index is 11.1. The Kier molecular flexibility index (Phi) is 3.79. The van der Waals surface area contributed by atoms with Gasteiger partial charge in [-0.3, -0.25) is 5.43 Å². The molecule has 2 rings (SSSR count). The summed E-state index contributed by atoms with van der Waals surface area (Å²) in [7, 11) is 1.25. The van der Waals surface area contributed by atoms with Crippen molar-refractivity contribution in [2.24, 2.45) is 5.10 Å². The zero-order valence-corrected chi connectivity index (χ0v) is 10.4. The number of esters is 1. The number of nitrogens with zero attached hydrogens (tertiary/aromatic N) is 1. The molecule has 0 atom stereocenters. The van der Waals surface area contributed by atoms with Crippen molar-refractivity contribution in [2.45, 2.75) is 0 Å². The topological polar surface area (TPSA) is 50.7 Å². The van der Waals surface area contributed by atoms with Gasteiger partial charge >= 0.3 is 5.97 Å². The van der Waals surface area contributed by atoms with Gasteiger partial charge in [0.25, 0.3) is 0 Å². The quantitative estimate of drug-likeness (QED) is 0.526. The van der Waals surface area contributed by atoms with Crippen LogP contribution >= 0.6 is 11.6 Å². The first-order valence-corrected chi connectivity index (χ1v) is 5.65. The fourth-order valence-corrected chi connectivity index (χ4v) is 1.68. The maximum absolute atomic E-state index is 11.1. The van der Waals surface area contributed by atoms with Crippen molar-refractivity contribution in [3.8, 4) is 0 Å². The molecular formula is C13H11ClN2O2. The van der Waals surface area contributed by atoms with Gasteiger partial charge in [-0.15, -0.1) is 0 Å². The van der Waals surface area contributed by atoms with Gasteiger partial charge in [-0.2, -0.15) is 5.10 Å². The van der Waals surface area contributed by atoms with Crippen LogP contribution in [-0.2, 0) is 9.53 Å². The van der Waals surface area contributed by atoms with Gasteiger partial charge < -0.3 is 4.74 Å². The molecular weight excluding hydrogens is 252 g/mol. The molecule has 0 radical (unpaired) electrons. The first-order chi connectivity index (χ1) is 8.72. The van der Waals surface area contributed by atoms with Gasteiger partial charge in [0.05, 0.1) is 12.8 Å². The molecule has 0 heterocycles. The van der Waals surface area contributed by atoms with Gasteiger partial charge in [0.2, 0.25) is 5.17 Å². The number of hydrogen-bond donors (Lipinski definition) is 1. The minimum absolute atomic E-state index is 0.245. The summed E-state index contributed by atoms with van der Waals surface area (Å²) >= 11 is 5.65. The number of nitrogens with one attached hydrogen (secondary N) is 1. The van der Waals surface area contributed by atoms with E-state index in [2.05, 4.69) is 15.3 Å². The van der Waals surface area contributed by atoms with Crippen molar-refractivity contribution in [1.82, 2.24) is 0 Å². The second-order valence-electron chi connectivity index (χ2n) is 3.53. The fraction of sp³-hybridized carbons (Fsp3) is 0.0769. The van der Waals surface area contributed by atoms with E-state index in [9.17, 15) is 4.79 Å². The molecule has 2 aromatic carbocycles. The Morgan fingerprint density at radius 2 is 1.94 bits per heavy atom. The van der Waals surface area contributed by atoms with E-state index in [1.54, 1.807) is 0 Å². The molecule has 0 fully saturated rings. The van der Waals surface area contributed by atoms with Crippen LogP contribution in [-0.4, -0.2) is 18.2 Å².